The molecule has 134 valence electrons. The highest BCUT2D eigenvalue weighted by Gasteiger charge is 2.21. The van der Waals surface area contributed by atoms with Crippen molar-refractivity contribution in [1.82, 2.24) is 4.98 Å². The van der Waals surface area contributed by atoms with Crippen molar-refractivity contribution in [2.24, 2.45) is 0 Å². The summed E-state index contributed by atoms with van der Waals surface area (Å²) in [7, 11) is 0. The van der Waals surface area contributed by atoms with Crippen LogP contribution in [-0.4, -0.2) is 16.8 Å². The minimum Gasteiger partial charge on any atom is -0.490 e. The van der Waals surface area contributed by atoms with Crippen molar-refractivity contribution in [2.75, 3.05) is 0 Å². The molecule has 0 saturated heterocycles. The van der Waals surface area contributed by atoms with Gasteiger partial charge in [-0.2, -0.15) is 5.26 Å². The van der Waals surface area contributed by atoms with Crippen LogP contribution in [0.15, 0.2) is 42.6 Å². The van der Waals surface area contributed by atoms with Crippen LogP contribution < -0.4 is 4.74 Å². The smallest absolute Gasteiger partial charge is 0.137 e. The number of fused-ring (bicyclic) bond motifs is 1. The zero-order chi connectivity index (χ0) is 19.0. The summed E-state index contributed by atoms with van der Waals surface area (Å²) in [5, 5.41) is 18.4. The number of nitriles is 1. The molecule has 5 heteroatoms. The van der Waals surface area contributed by atoms with E-state index in [0.717, 1.165) is 39.6 Å². The zero-order valence-electron chi connectivity index (χ0n) is 15.2. The largest absolute Gasteiger partial charge is 0.490 e. The Bertz CT molecular complexity index is 1080. The monoisotopic (exact) mass is 373 g/mol. The lowest BCUT2D eigenvalue weighted by molar-refractivity contribution is 0.242. The Morgan fingerprint density at radius 3 is 2.78 bits per heavy atom. The molecule has 3 aromatic rings. The molecule has 1 aliphatic carbocycles. The van der Waals surface area contributed by atoms with Gasteiger partial charge in [0.25, 0.3) is 0 Å². The average molecular weight is 373 g/mol. The van der Waals surface area contributed by atoms with Gasteiger partial charge in [-0.25, -0.2) is 4.98 Å². The number of nitrogens with zero attached hydrogens (tertiary/aromatic N) is 2. The van der Waals surface area contributed by atoms with Gasteiger partial charge < -0.3 is 10.1 Å². The molecule has 1 aromatic heterocycles. The van der Waals surface area contributed by atoms with Crippen LogP contribution in [0.2, 0.25) is 0 Å². The maximum atomic E-state index is 9.45. The Morgan fingerprint density at radius 1 is 1.19 bits per heavy atom. The van der Waals surface area contributed by atoms with E-state index in [9.17, 15) is 5.26 Å². The SMILES string of the molecule is CC(C)Oc1ccc(-c2ncc(-c3cccc4c3CCC4=N)s2)cc1C#N. The molecular formula is C22H19N3OS. The van der Waals surface area contributed by atoms with Crippen molar-refractivity contribution in [3.05, 3.63) is 59.3 Å². The predicted molar refractivity (Wildman–Crippen MR) is 109 cm³/mol. The van der Waals surface area contributed by atoms with E-state index in [1.54, 1.807) is 11.3 Å². The molecule has 0 amide bonds. The fourth-order valence-electron chi connectivity index (χ4n) is 3.39. The second kappa shape index (κ2) is 6.98. The molecule has 0 unspecified atom stereocenters. The summed E-state index contributed by atoms with van der Waals surface area (Å²) >= 11 is 1.61. The van der Waals surface area contributed by atoms with Crippen LogP contribution in [0.1, 0.15) is 37.0 Å². The summed E-state index contributed by atoms with van der Waals surface area (Å²) in [6.45, 7) is 3.89. The molecule has 1 N–H and O–H groups in total. The van der Waals surface area contributed by atoms with Gasteiger partial charge in [0.2, 0.25) is 0 Å². The fourth-order valence-corrected chi connectivity index (χ4v) is 4.36. The fraction of sp³-hybridized carbons (Fsp3) is 0.227. The van der Waals surface area contributed by atoms with E-state index in [2.05, 4.69) is 17.1 Å². The standard InChI is InChI=1S/C22H19N3OS/c1-13(2)26-20-9-6-14(10-15(20)11-23)22-25-12-21(27-22)18-5-3-4-17-16(18)7-8-19(17)24/h3-6,9-10,12-13,24H,7-8H2,1-2H3. The van der Waals surface area contributed by atoms with Crippen molar-refractivity contribution < 1.29 is 4.74 Å². The van der Waals surface area contributed by atoms with Crippen LogP contribution in [0.25, 0.3) is 21.0 Å². The molecule has 4 nitrogen and oxygen atoms in total. The molecule has 2 aromatic carbocycles. The Kier molecular flexibility index (Phi) is 4.51. The molecule has 0 spiro atoms. The van der Waals surface area contributed by atoms with Gasteiger partial charge in [-0.05, 0) is 61.6 Å². The van der Waals surface area contributed by atoms with Crippen molar-refractivity contribution >= 4 is 17.0 Å². The molecule has 1 aliphatic rings. The first-order chi connectivity index (χ1) is 13.1. The van der Waals surface area contributed by atoms with Crippen molar-refractivity contribution in [1.29, 1.82) is 10.7 Å². The Labute approximate surface area is 162 Å². The highest BCUT2D eigenvalue weighted by Crippen LogP contribution is 2.38. The van der Waals surface area contributed by atoms with Crippen LogP contribution in [0.4, 0.5) is 0 Å². The third kappa shape index (κ3) is 3.24. The van der Waals surface area contributed by atoms with Gasteiger partial charge in [0, 0.05) is 17.5 Å². The molecule has 0 radical (unpaired) electrons. The number of rotatable bonds is 4. The second-order valence-electron chi connectivity index (χ2n) is 6.83. The van der Waals surface area contributed by atoms with E-state index in [1.165, 1.54) is 11.1 Å². The van der Waals surface area contributed by atoms with Gasteiger partial charge in [0.15, 0.2) is 0 Å². The first-order valence-corrected chi connectivity index (χ1v) is 9.75. The summed E-state index contributed by atoms with van der Waals surface area (Å²) in [5.41, 5.74) is 5.63. The van der Waals surface area contributed by atoms with Crippen molar-refractivity contribution in [3.63, 3.8) is 0 Å². The number of nitrogens with one attached hydrogen (secondary N) is 1. The average Bonchev–Trinajstić information content (AvgIpc) is 3.29. The summed E-state index contributed by atoms with van der Waals surface area (Å²) in [6, 6.07) is 14.0. The molecule has 0 atom stereocenters. The molecule has 0 aliphatic heterocycles. The first kappa shape index (κ1) is 17.4. The van der Waals surface area contributed by atoms with Crippen molar-refractivity contribution in [3.8, 4) is 32.8 Å². The van der Waals surface area contributed by atoms with Gasteiger partial charge in [0.1, 0.15) is 16.8 Å². The van der Waals surface area contributed by atoms with E-state index in [1.807, 2.05) is 50.4 Å². The van der Waals surface area contributed by atoms with Crippen LogP contribution in [0.3, 0.4) is 0 Å². The highest BCUT2D eigenvalue weighted by molar-refractivity contribution is 7.18. The van der Waals surface area contributed by atoms with E-state index >= 15 is 0 Å². The third-order valence-electron chi connectivity index (χ3n) is 4.61. The topological polar surface area (TPSA) is 69.8 Å². The maximum absolute atomic E-state index is 9.45. The summed E-state index contributed by atoms with van der Waals surface area (Å²) in [6.07, 6.45) is 3.63. The highest BCUT2D eigenvalue weighted by atomic mass is 32.1. The third-order valence-corrected chi connectivity index (χ3v) is 5.69. The molecule has 4 rings (SSSR count). The van der Waals surface area contributed by atoms with Gasteiger partial charge >= 0.3 is 0 Å². The minimum atomic E-state index is 0.0216. The molecular weight excluding hydrogens is 354 g/mol. The minimum absolute atomic E-state index is 0.0216. The van der Waals surface area contributed by atoms with Crippen LogP contribution in [0, 0.1) is 16.7 Å². The number of hydrogen-bond donors (Lipinski definition) is 1. The van der Waals surface area contributed by atoms with E-state index < -0.39 is 0 Å². The van der Waals surface area contributed by atoms with Gasteiger partial charge in [-0.15, -0.1) is 11.3 Å². The number of aromatic nitrogens is 1. The summed E-state index contributed by atoms with van der Waals surface area (Å²) in [4.78, 5) is 5.68. The Morgan fingerprint density at radius 2 is 2.00 bits per heavy atom. The van der Waals surface area contributed by atoms with Crippen LogP contribution >= 0.6 is 11.3 Å². The van der Waals surface area contributed by atoms with Crippen molar-refractivity contribution in [2.45, 2.75) is 32.8 Å². The van der Waals surface area contributed by atoms with Gasteiger partial charge in [-0.3, -0.25) is 0 Å². The summed E-state index contributed by atoms with van der Waals surface area (Å²) < 4.78 is 5.70. The van der Waals surface area contributed by atoms with E-state index in [0.29, 0.717) is 11.3 Å². The lowest BCUT2D eigenvalue weighted by atomic mass is 10.0. The van der Waals surface area contributed by atoms with Crippen LogP contribution in [-0.2, 0) is 6.42 Å². The zero-order valence-corrected chi connectivity index (χ0v) is 16.1. The first-order valence-electron chi connectivity index (χ1n) is 8.94. The Hall–Kier alpha value is -2.97. The maximum Gasteiger partial charge on any atom is 0.137 e. The normalized spacial score (nSPS) is 12.9. The lowest BCUT2D eigenvalue weighted by Gasteiger charge is -2.11. The second-order valence-corrected chi connectivity index (χ2v) is 7.86. The molecule has 1 heterocycles. The van der Waals surface area contributed by atoms with Gasteiger partial charge in [-0.1, -0.05) is 18.2 Å². The number of hydrogen-bond acceptors (Lipinski definition) is 5. The lowest BCUT2D eigenvalue weighted by Crippen LogP contribution is -2.06. The quantitative estimate of drug-likeness (QED) is 0.661. The van der Waals surface area contributed by atoms with E-state index in [4.69, 9.17) is 10.1 Å². The Balaban J connectivity index is 1.70. The van der Waals surface area contributed by atoms with Crippen LogP contribution in [0.5, 0.6) is 5.75 Å². The molecule has 0 bridgehead atoms. The number of ether oxygens (including phenoxy) is 1. The number of thiazole rings is 1. The molecule has 27 heavy (non-hydrogen) atoms. The number of benzene rings is 2. The molecule has 0 saturated carbocycles. The predicted octanol–water partition coefficient (Wildman–Crippen LogP) is 5.45. The van der Waals surface area contributed by atoms with Gasteiger partial charge in [0.05, 0.1) is 16.5 Å². The van der Waals surface area contributed by atoms with E-state index in [-0.39, 0.29) is 6.10 Å². The summed E-state index contributed by atoms with van der Waals surface area (Å²) in [5.74, 6) is 0.604. The molecule has 0 fully saturated rings.